The van der Waals surface area contributed by atoms with E-state index in [2.05, 4.69) is 36.3 Å². The molecule has 8 heteroatoms. The average molecular weight is 509 g/mol. The van der Waals surface area contributed by atoms with Crippen molar-refractivity contribution in [1.82, 2.24) is 20.4 Å². The lowest BCUT2D eigenvalue weighted by molar-refractivity contribution is 0.0960. The van der Waals surface area contributed by atoms with E-state index in [0.29, 0.717) is 12.6 Å². The summed E-state index contributed by atoms with van der Waals surface area (Å²) >= 11 is 0. The molecular formula is C20H40IN5O2. The zero-order chi connectivity index (χ0) is 19.7. The lowest BCUT2D eigenvalue weighted by Crippen LogP contribution is -2.52. The molecule has 2 fully saturated rings. The minimum atomic E-state index is -0.195. The van der Waals surface area contributed by atoms with Crippen molar-refractivity contribution in [2.45, 2.75) is 71.4 Å². The summed E-state index contributed by atoms with van der Waals surface area (Å²) < 4.78 is 5.10. The molecule has 0 saturated carbocycles. The number of rotatable bonds is 6. The van der Waals surface area contributed by atoms with E-state index in [-0.39, 0.29) is 35.6 Å². The SMILES string of the molecule is CCNC(=NCC(C)(C)N1CCCCC1)NC1CCN(C(=O)OCC)CC1.I. The lowest BCUT2D eigenvalue weighted by Gasteiger charge is -2.40. The highest BCUT2D eigenvalue weighted by Crippen LogP contribution is 2.21. The van der Waals surface area contributed by atoms with Gasteiger partial charge in [0.25, 0.3) is 0 Å². The molecule has 7 nitrogen and oxygen atoms in total. The number of hydrogen-bond donors (Lipinski definition) is 2. The van der Waals surface area contributed by atoms with E-state index in [1.807, 2.05) is 6.92 Å². The molecule has 0 aliphatic carbocycles. The second-order valence-corrected chi connectivity index (χ2v) is 8.16. The Morgan fingerprint density at radius 3 is 2.32 bits per heavy atom. The van der Waals surface area contributed by atoms with Crippen LogP contribution in [-0.4, -0.2) is 79.3 Å². The summed E-state index contributed by atoms with van der Waals surface area (Å²) in [5.41, 5.74) is 0.0794. The highest BCUT2D eigenvalue weighted by atomic mass is 127. The third kappa shape index (κ3) is 7.93. The van der Waals surface area contributed by atoms with Crippen molar-refractivity contribution in [2.24, 2.45) is 4.99 Å². The van der Waals surface area contributed by atoms with Crippen molar-refractivity contribution in [3.63, 3.8) is 0 Å². The molecule has 28 heavy (non-hydrogen) atoms. The molecule has 2 aliphatic rings. The van der Waals surface area contributed by atoms with E-state index in [9.17, 15) is 4.79 Å². The van der Waals surface area contributed by atoms with Crippen LogP contribution in [0.15, 0.2) is 4.99 Å². The molecule has 0 aromatic heterocycles. The van der Waals surface area contributed by atoms with Crippen molar-refractivity contribution in [2.75, 3.05) is 45.9 Å². The van der Waals surface area contributed by atoms with Gasteiger partial charge in [-0.05, 0) is 66.5 Å². The second kappa shape index (κ2) is 12.7. The number of guanidine groups is 1. The molecule has 2 rings (SSSR count). The van der Waals surface area contributed by atoms with Crippen molar-refractivity contribution in [1.29, 1.82) is 0 Å². The number of aliphatic imine (C=N–C) groups is 1. The Kier molecular flexibility index (Phi) is 11.5. The summed E-state index contributed by atoms with van der Waals surface area (Å²) in [4.78, 5) is 21.1. The number of amides is 1. The highest BCUT2D eigenvalue weighted by molar-refractivity contribution is 14.0. The van der Waals surface area contributed by atoms with Gasteiger partial charge in [-0.3, -0.25) is 9.89 Å². The third-order valence-electron chi connectivity index (χ3n) is 5.54. The zero-order valence-electron chi connectivity index (χ0n) is 18.1. The molecular weight excluding hydrogens is 469 g/mol. The number of piperidine rings is 2. The van der Waals surface area contributed by atoms with Crippen LogP contribution >= 0.6 is 24.0 Å². The molecule has 164 valence electrons. The average Bonchev–Trinajstić information content (AvgIpc) is 2.68. The van der Waals surface area contributed by atoms with Crippen LogP contribution < -0.4 is 10.6 Å². The smallest absolute Gasteiger partial charge is 0.409 e. The number of nitrogens with one attached hydrogen (secondary N) is 2. The third-order valence-corrected chi connectivity index (χ3v) is 5.54. The van der Waals surface area contributed by atoms with Gasteiger partial charge in [-0.2, -0.15) is 0 Å². The first-order valence-corrected chi connectivity index (χ1v) is 10.7. The fraction of sp³-hybridized carbons (Fsp3) is 0.900. The van der Waals surface area contributed by atoms with Crippen molar-refractivity contribution in [3.05, 3.63) is 0 Å². The van der Waals surface area contributed by atoms with Gasteiger partial charge >= 0.3 is 6.09 Å². The fourth-order valence-electron chi connectivity index (χ4n) is 3.81. The molecule has 2 aliphatic heterocycles. The quantitative estimate of drug-likeness (QED) is 0.327. The predicted molar refractivity (Wildman–Crippen MR) is 126 cm³/mol. The Balaban J connectivity index is 0.00000392. The minimum Gasteiger partial charge on any atom is -0.450 e. The first kappa shape index (κ1) is 25.3. The van der Waals surface area contributed by atoms with Gasteiger partial charge in [-0.1, -0.05) is 6.42 Å². The Hall–Kier alpha value is -0.770. The van der Waals surface area contributed by atoms with Crippen LogP contribution in [0, 0.1) is 0 Å². The van der Waals surface area contributed by atoms with E-state index >= 15 is 0 Å². The van der Waals surface area contributed by atoms with E-state index in [1.54, 1.807) is 4.90 Å². The number of hydrogen-bond acceptors (Lipinski definition) is 4. The van der Waals surface area contributed by atoms with E-state index in [0.717, 1.165) is 45.0 Å². The van der Waals surface area contributed by atoms with Crippen LogP contribution in [0.5, 0.6) is 0 Å². The van der Waals surface area contributed by atoms with Crippen LogP contribution in [0.1, 0.15) is 59.8 Å². The van der Waals surface area contributed by atoms with Gasteiger partial charge in [0, 0.05) is 31.2 Å². The van der Waals surface area contributed by atoms with Gasteiger partial charge in [0.15, 0.2) is 5.96 Å². The van der Waals surface area contributed by atoms with E-state index in [1.165, 1.54) is 32.4 Å². The van der Waals surface area contributed by atoms with Crippen LogP contribution in [0.25, 0.3) is 0 Å². The Labute approximate surface area is 188 Å². The summed E-state index contributed by atoms with van der Waals surface area (Å²) in [6.07, 6.45) is 5.58. The van der Waals surface area contributed by atoms with Crippen LogP contribution in [0.4, 0.5) is 4.79 Å². The van der Waals surface area contributed by atoms with Gasteiger partial charge in [0.2, 0.25) is 0 Å². The maximum Gasteiger partial charge on any atom is 0.409 e. The Morgan fingerprint density at radius 2 is 1.75 bits per heavy atom. The topological polar surface area (TPSA) is 69.2 Å². The maximum absolute atomic E-state index is 11.8. The monoisotopic (exact) mass is 509 g/mol. The number of ether oxygens (including phenoxy) is 1. The molecule has 0 aromatic rings. The number of likely N-dealkylation sites (tertiary alicyclic amines) is 2. The van der Waals surface area contributed by atoms with Crippen LogP contribution in [0.3, 0.4) is 0 Å². The lowest BCUT2D eigenvalue weighted by atomic mass is 9.99. The molecule has 2 heterocycles. The number of carbonyl (C=O) groups is 1. The first-order chi connectivity index (χ1) is 13.0. The normalized spacial score (nSPS) is 19.7. The second-order valence-electron chi connectivity index (χ2n) is 8.16. The molecule has 0 radical (unpaired) electrons. The number of halogens is 1. The molecule has 0 unspecified atom stereocenters. The van der Waals surface area contributed by atoms with Crippen LogP contribution in [-0.2, 0) is 4.74 Å². The standard InChI is InChI=1S/C20H39N5O2.HI/c1-5-21-18(22-16-20(3,4)25-12-8-7-9-13-25)23-17-10-14-24(15-11-17)19(26)27-6-2;/h17H,5-16H2,1-4H3,(H2,21,22,23);1H. The minimum absolute atomic E-state index is 0. The van der Waals surface area contributed by atoms with Gasteiger partial charge in [0.1, 0.15) is 0 Å². The molecule has 2 N–H and O–H groups in total. The van der Waals surface area contributed by atoms with Gasteiger partial charge in [-0.25, -0.2) is 4.79 Å². The molecule has 0 spiro atoms. The number of carbonyl (C=O) groups excluding carboxylic acids is 1. The van der Waals surface area contributed by atoms with E-state index < -0.39 is 0 Å². The molecule has 1 amide bonds. The highest BCUT2D eigenvalue weighted by Gasteiger charge is 2.28. The molecule has 0 bridgehead atoms. The molecule has 2 saturated heterocycles. The van der Waals surface area contributed by atoms with Crippen molar-refractivity contribution in [3.8, 4) is 0 Å². The summed E-state index contributed by atoms with van der Waals surface area (Å²) in [6, 6.07) is 0.339. The number of nitrogens with zero attached hydrogens (tertiary/aromatic N) is 3. The summed E-state index contributed by atoms with van der Waals surface area (Å²) in [5, 5.41) is 6.94. The summed E-state index contributed by atoms with van der Waals surface area (Å²) in [6.45, 7) is 14.4. The van der Waals surface area contributed by atoms with Crippen molar-refractivity contribution < 1.29 is 9.53 Å². The van der Waals surface area contributed by atoms with Gasteiger partial charge in [0.05, 0.1) is 13.2 Å². The van der Waals surface area contributed by atoms with Crippen molar-refractivity contribution >= 4 is 36.0 Å². The van der Waals surface area contributed by atoms with Gasteiger partial charge < -0.3 is 20.3 Å². The van der Waals surface area contributed by atoms with Crippen LogP contribution in [0.2, 0.25) is 0 Å². The largest absolute Gasteiger partial charge is 0.450 e. The zero-order valence-corrected chi connectivity index (χ0v) is 20.5. The first-order valence-electron chi connectivity index (χ1n) is 10.7. The maximum atomic E-state index is 11.8. The predicted octanol–water partition coefficient (Wildman–Crippen LogP) is 3.04. The molecule has 0 aromatic carbocycles. The summed E-state index contributed by atoms with van der Waals surface area (Å²) in [7, 11) is 0. The summed E-state index contributed by atoms with van der Waals surface area (Å²) in [5.74, 6) is 0.886. The fourth-order valence-corrected chi connectivity index (χ4v) is 3.81. The Morgan fingerprint density at radius 1 is 1.11 bits per heavy atom. The molecule has 0 atom stereocenters. The van der Waals surface area contributed by atoms with Gasteiger partial charge in [-0.15, -0.1) is 24.0 Å². The Bertz CT molecular complexity index is 487. The van der Waals surface area contributed by atoms with E-state index in [4.69, 9.17) is 9.73 Å².